The van der Waals surface area contributed by atoms with Gasteiger partial charge in [0.1, 0.15) is 11.7 Å². The number of para-hydroxylation sites is 1. The van der Waals surface area contributed by atoms with Gasteiger partial charge in [-0.1, -0.05) is 31.5 Å². The van der Waals surface area contributed by atoms with E-state index in [4.69, 9.17) is 9.15 Å². The Bertz CT molecular complexity index is 562. The van der Waals surface area contributed by atoms with E-state index in [-0.39, 0.29) is 5.78 Å². The van der Waals surface area contributed by atoms with Crippen LogP contribution in [0.25, 0.3) is 11.0 Å². The maximum absolute atomic E-state index is 12.4. The van der Waals surface area contributed by atoms with Crippen molar-refractivity contribution < 1.29 is 13.9 Å². The van der Waals surface area contributed by atoms with Gasteiger partial charge in [0, 0.05) is 12.0 Å². The number of furan rings is 1. The molecule has 1 aromatic heterocycles. The van der Waals surface area contributed by atoms with Gasteiger partial charge in [-0.3, -0.25) is 4.79 Å². The van der Waals surface area contributed by atoms with Crippen molar-refractivity contribution in [2.24, 2.45) is 0 Å². The monoisotopic (exact) mass is 260 g/mol. The standard InChI is InChI=1S/C16H20O3/c1-4-7-13(18-5-2)15(17)14-10-12-9-6-8-11(3)16(12)19-14/h6,8-10,13H,4-5,7H2,1-3H3. The average Bonchev–Trinajstić information content (AvgIpc) is 2.83. The van der Waals surface area contributed by atoms with Crippen molar-refractivity contribution in [2.75, 3.05) is 6.61 Å². The van der Waals surface area contributed by atoms with Crippen LogP contribution in [0.3, 0.4) is 0 Å². The Morgan fingerprint density at radius 2 is 2.16 bits per heavy atom. The van der Waals surface area contributed by atoms with E-state index in [1.165, 1.54) is 0 Å². The first-order valence-corrected chi connectivity index (χ1v) is 6.82. The third kappa shape index (κ3) is 2.87. The lowest BCUT2D eigenvalue weighted by Crippen LogP contribution is -2.23. The highest BCUT2D eigenvalue weighted by molar-refractivity contribution is 6.00. The molecule has 102 valence electrons. The highest BCUT2D eigenvalue weighted by atomic mass is 16.5. The second-order valence-electron chi connectivity index (χ2n) is 4.70. The van der Waals surface area contributed by atoms with Crippen LogP contribution in [0.2, 0.25) is 0 Å². The van der Waals surface area contributed by atoms with Gasteiger partial charge >= 0.3 is 0 Å². The molecule has 0 aliphatic carbocycles. The van der Waals surface area contributed by atoms with Gasteiger partial charge in [0.15, 0.2) is 5.76 Å². The highest BCUT2D eigenvalue weighted by Crippen LogP contribution is 2.24. The summed E-state index contributed by atoms with van der Waals surface area (Å²) in [5, 5.41) is 0.968. The Kier molecular flexibility index (Phi) is 4.38. The number of hydrogen-bond acceptors (Lipinski definition) is 3. The summed E-state index contributed by atoms with van der Waals surface area (Å²) in [4.78, 5) is 12.4. The van der Waals surface area contributed by atoms with Crippen molar-refractivity contribution in [3.8, 4) is 0 Å². The van der Waals surface area contributed by atoms with Crippen molar-refractivity contribution in [1.82, 2.24) is 0 Å². The molecule has 0 saturated heterocycles. The van der Waals surface area contributed by atoms with E-state index in [0.29, 0.717) is 12.4 Å². The number of hydrogen-bond donors (Lipinski definition) is 0. The van der Waals surface area contributed by atoms with Gasteiger partial charge in [0.2, 0.25) is 5.78 Å². The molecular formula is C16H20O3. The topological polar surface area (TPSA) is 39.4 Å². The molecule has 0 aliphatic rings. The Morgan fingerprint density at radius 1 is 1.37 bits per heavy atom. The minimum Gasteiger partial charge on any atom is -0.453 e. The smallest absolute Gasteiger partial charge is 0.226 e. The molecule has 1 aromatic carbocycles. The predicted molar refractivity (Wildman–Crippen MR) is 75.6 cm³/mol. The van der Waals surface area contributed by atoms with Crippen molar-refractivity contribution in [2.45, 2.75) is 39.7 Å². The van der Waals surface area contributed by atoms with E-state index in [0.717, 1.165) is 29.4 Å². The SMILES string of the molecule is CCCC(OCC)C(=O)c1cc2cccc(C)c2o1. The Morgan fingerprint density at radius 3 is 2.79 bits per heavy atom. The summed E-state index contributed by atoms with van der Waals surface area (Å²) in [6.45, 7) is 6.46. The zero-order chi connectivity index (χ0) is 13.8. The quantitative estimate of drug-likeness (QED) is 0.733. The predicted octanol–water partition coefficient (Wildman–Crippen LogP) is 4.13. The molecule has 0 fully saturated rings. The summed E-state index contributed by atoms with van der Waals surface area (Å²) >= 11 is 0. The number of ether oxygens (including phenoxy) is 1. The van der Waals surface area contributed by atoms with Gasteiger partial charge in [-0.15, -0.1) is 0 Å². The van der Waals surface area contributed by atoms with Crippen molar-refractivity contribution in [1.29, 1.82) is 0 Å². The third-order valence-electron chi connectivity index (χ3n) is 3.19. The van der Waals surface area contributed by atoms with Gasteiger partial charge in [0.25, 0.3) is 0 Å². The van der Waals surface area contributed by atoms with Crippen LogP contribution in [0.4, 0.5) is 0 Å². The number of carbonyl (C=O) groups excluding carboxylic acids is 1. The van der Waals surface area contributed by atoms with Crippen molar-refractivity contribution in [3.05, 3.63) is 35.6 Å². The van der Waals surface area contributed by atoms with Gasteiger partial charge in [0.05, 0.1) is 0 Å². The molecule has 2 aromatic rings. The highest BCUT2D eigenvalue weighted by Gasteiger charge is 2.23. The van der Waals surface area contributed by atoms with Crippen LogP contribution in [0, 0.1) is 6.92 Å². The van der Waals surface area contributed by atoms with Gasteiger partial charge < -0.3 is 9.15 Å². The maximum atomic E-state index is 12.4. The minimum atomic E-state index is -0.393. The third-order valence-corrected chi connectivity index (χ3v) is 3.19. The molecule has 3 heteroatoms. The second kappa shape index (κ2) is 6.02. The lowest BCUT2D eigenvalue weighted by Gasteiger charge is -2.13. The minimum absolute atomic E-state index is 0.0562. The van der Waals surface area contributed by atoms with Crippen LogP contribution in [-0.4, -0.2) is 18.5 Å². The molecule has 1 unspecified atom stereocenters. The summed E-state index contributed by atoms with van der Waals surface area (Å²) in [5.74, 6) is 0.343. The summed E-state index contributed by atoms with van der Waals surface area (Å²) < 4.78 is 11.2. The van der Waals surface area contributed by atoms with E-state index in [1.807, 2.05) is 45.0 Å². The second-order valence-corrected chi connectivity index (χ2v) is 4.70. The van der Waals surface area contributed by atoms with Crippen LogP contribution >= 0.6 is 0 Å². The number of aryl methyl sites for hydroxylation is 1. The number of rotatable bonds is 6. The molecule has 0 radical (unpaired) electrons. The summed E-state index contributed by atoms with van der Waals surface area (Å²) in [5.41, 5.74) is 1.83. The first-order chi connectivity index (χ1) is 9.17. The zero-order valence-corrected chi connectivity index (χ0v) is 11.7. The largest absolute Gasteiger partial charge is 0.453 e. The zero-order valence-electron chi connectivity index (χ0n) is 11.7. The first kappa shape index (κ1) is 13.8. The number of ketones is 1. The van der Waals surface area contributed by atoms with Crippen LogP contribution in [0.15, 0.2) is 28.7 Å². The first-order valence-electron chi connectivity index (χ1n) is 6.82. The molecule has 0 saturated carbocycles. The van der Waals surface area contributed by atoms with E-state index >= 15 is 0 Å². The van der Waals surface area contributed by atoms with Crippen molar-refractivity contribution in [3.63, 3.8) is 0 Å². The Hall–Kier alpha value is -1.61. The fraction of sp³-hybridized carbons (Fsp3) is 0.438. The van der Waals surface area contributed by atoms with Crippen molar-refractivity contribution >= 4 is 16.8 Å². The summed E-state index contributed by atoms with van der Waals surface area (Å²) in [7, 11) is 0. The molecule has 0 bridgehead atoms. The van der Waals surface area contributed by atoms with Crippen LogP contribution in [0.5, 0.6) is 0 Å². The molecule has 19 heavy (non-hydrogen) atoms. The lowest BCUT2D eigenvalue weighted by atomic mass is 10.1. The fourth-order valence-corrected chi connectivity index (χ4v) is 2.24. The fourth-order valence-electron chi connectivity index (χ4n) is 2.24. The van der Waals surface area contributed by atoms with E-state index < -0.39 is 6.10 Å². The molecular weight excluding hydrogens is 240 g/mol. The number of benzene rings is 1. The molecule has 1 atom stereocenters. The van der Waals surface area contributed by atoms with Gasteiger partial charge in [-0.05, 0) is 31.9 Å². The number of fused-ring (bicyclic) bond motifs is 1. The Balaban J connectivity index is 2.32. The molecule has 0 amide bonds. The molecule has 0 aliphatic heterocycles. The lowest BCUT2D eigenvalue weighted by molar-refractivity contribution is 0.0401. The van der Waals surface area contributed by atoms with Crippen LogP contribution in [-0.2, 0) is 4.74 Å². The van der Waals surface area contributed by atoms with E-state index in [1.54, 1.807) is 0 Å². The van der Waals surface area contributed by atoms with Gasteiger partial charge in [-0.2, -0.15) is 0 Å². The summed E-state index contributed by atoms with van der Waals surface area (Å²) in [6.07, 6.45) is 1.24. The molecule has 2 rings (SSSR count). The van der Waals surface area contributed by atoms with E-state index in [2.05, 4.69) is 0 Å². The van der Waals surface area contributed by atoms with Crippen LogP contribution in [0.1, 0.15) is 42.8 Å². The number of carbonyl (C=O) groups is 1. The number of Topliss-reactive ketones (excluding diaryl/α,β-unsaturated/α-hetero) is 1. The Labute approximate surface area is 113 Å². The van der Waals surface area contributed by atoms with E-state index in [9.17, 15) is 4.79 Å². The van der Waals surface area contributed by atoms with Gasteiger partial charge in [-0.25, -0.2) is 0 Å². The molecule has 0 N–H and O–H groups in total. The molecule has 3 nitrogen and oxygen atoms in total. The summed E-state index contributed by atoms with van der Waals surface area (Å²) in [6, 6.07) is 7.71. The average molecular weight is 260 g/mol. The maximum Gasteiger partial charge on any atom is 0.226 e. The molecule has 1 heterocycles. The van der Waals surface area contributed by atoms with Crippen LogP contribution < -0.4 is 0 Å². The normalized spacial score (nSPS) is 12.8. The molecule has 0 spiro atoms.